The van der Waals surface area contributed by atoms with Crippen LogP contribution in [0.15, 0.2) is 61.2 Å². The van der Waals surface area contributed by atoms with E-state index in [1.54, 1.807) is 41.6 Å². The zero-order valence-corrected chi connectivity index (χ0v) is 10.5. The normalized spacial score (nSPS) is 9.85. The van der Waals surface area contributed by atoms with Gasteiger partial charge in [0.2, 0.25) is 0 Å². The van der Waals surface area contributed by atoms with E-state index in [-0.39, 0.29) is 5.82 Å². The van der Waals surface area contributed by atoms with Crippen LogP contribution in [0.4, 0.5) is 4.39 Å². The zero-order valence-electron chi connectivity index (χ0n) is 10.5. The summed E-state index contributed by atoms with van der Waals surface area (Å²) in [5.41, 5.74) is 2.49. The predicted molar refractivity (Wildman–Crippen MR) is 73.7 cm³/mol. The summed E-state index contributed by atoms with van der Waals surface area (Å²) in [6, 6.07) is 9.83. The van der Waals surface area contributed by atoms with Crippen LogP contribution in [0, 0.1) is 17.7 Å². The van der Waals surface area contributed by atoms with Crippen LogP contribution >= 0.6 is 0 Å². The van der Waals surface area contributed by atoms with Gasteiger partial charge in [0.05, 0.1) is 17.4 Å². The van der Waals surface area contributed by atoms with Gasteiger partial charge in [-0.1, -0.05) is 11.8 Å². The number of hydrogen-bond acceptors (Lipinski definition) is 2. The fraction of sp³-hybridized carbons (Fsp3) is 0. The van der Waals surface area contributed by atoms with Crippen molar-refractivity contribution < 1.29 is 4.39 Å². The van der Waals surface area contributed by atoms with Crippen LogP contribution in [0.2, 0.25) is 0 Å². The average Bonchev–Trinajstić information content (AvgIpc) is 2.96. The van der Waals surface area contributed by atoms with E-state index in [0.717, 1.165) is 16.8 Å². The minimum atomic E-state index is -0.265. The smallest absolute Gasteiger partial charge is 0.123 e. The Hall–Kier alpha value is -2.93. The largest absolute Gasteiger partial charge is 0.265 e. The van der Waals surface area contributed by atoms with Gasteiger partial charge >= 0.3 is 0 Å². The highest BCUT2D eigenvalue weighted by Crippen LogP contribution is 2.09. The Labute approximate surface area is 115 Å². The molecule has 0 saturated heterocycles. The van der Waals surface area contributed by atoms with E-state index >= 15 is 0 Å². The molecule has 0 unspecified atom stereocenters. The third-order valence-electron chi connectivity index (χ3n) is 2.71. The van der Waals surface area contributed by atoms with Crippen LogP contribution in [-0.2, 0) is 0 Å². The molecule has 0 aliphatic heterocycles. The molecule has 0 N–H and O–H groups in total. The Morgan fingerprint density at radius 2 is 1.60 bits per heavy atom. The van der Waals surface area contributed by atoms with Gasteiger partial charge in [-0.05, 0) is 36.4 Å². The Morgan fingerprint density at radius 1 is 0.900 bits per heavy atom. The van der Waals surface area contributed by atoms with Crippen LogP contribution in [0.25, 0.3) is 5.69 Å². The van der Waals surface area contributed by atoms with Gasteiger partial charge in [0.15, 0.2) is 0 Å². The molecular weight excluding hydrogens is 253 g/mol. The molecule has 0 spiro atoms. The number of halogens is 1. The summed E-state index contributed by atoms with van der Waals surface area (Å²) < 4.78 is 14.5. The van der Waals surface area contributed by atoms with Crippen molar-refractivity contribution in [1.82, 2.24) is 14.8 Å². The van der Waals surface area contributed by atoms with E-state index in [1.807, 2.05) is 12.1 Å². The van der Waals surface area contributed by atoms with Crippen LogP contribution in [0.5, 0.6) is 0 Å². The van der Waals surface area contributed by atoms with Crippen molar-refractivity contribution in [3.8, 4) is 17.5 Å². The lowest BCUT2D eigenvalue weighted by Crippen LogP contribution is -1.93. The molecule has 0 atom stereocenters. The van der Waals surface area contributed by atoms with Crippen molar-refractivity contribution >= 4 is 0 Å². The molecule has 2 aromatic heterocycles. The van der Waals surface area contributed by atoms with Gasteiger partial charge in [-0.25, -0.2) is 9.07 Å². The van der Waals surface area contributed by atoms with E-state index in [1.165, 1.54) is 12.1 Å². The first kappa shape index (κ1) is 12.1. The summed E-state index contributed by atoms with van der Waals surface area (Å²) in [4.78, 5) is 3.94. The van der Waals surface area contributed by atoms with Crippen molar-refractivity contribution in [2.45, 2.75) is 0 Å². The number of nitrogens with zero attached hydrogens (tertiary/aromatic N) is 3. The standard InChI is InChI=1S/C16H10FN3/c17-15-3-5-16(6-4-15)20-12-14(11-19-20)2-1-13-7-9-18-10-8-13/h3-12H. The van der Waals surface area contributed by atoms with Crippen molar-refractivity contribution in [2.75, 3.05) is 0 Å². The molecule has 0 saturated carbocycles. The number of rotatable bonds is 1. The van der Waals surface area contributed by atoms with Crippen molar-refractivity contribution in [3.63, 3.8) is 0 Å². The number of aromatic nitrogens is 3. The molecular formula is C16H10FN3. The second-order valence-corrected chi connectivity index (χ2v) is 4.14. The Bertz CT molecular complexity index is 765. The third kappa shape index (κ3) is 2.73. The summed E-state index contributed by atoms with van der Waals surface area (Å²) in [5.74, 6) is 5.79. The highest BCUT2D eigenvalue weighted by Gasteiger charge is 1.99. The maximum absolute atomic E-state index is 12.9. The maximum Gasteiger partial charge on any atom is 0.123 e. The Kier molecular flexibility index (Phi) is 3.25. The summed E-state index contributed by atoms with van der Waals surface area (Å²) >= 11 is 0. The minimum Gasteiger partial charge on any atom is -0.265 e. The fourth-order valence-corrected chi connectivity index (χ4v) is 1.70. The van der Waals surface area contributed by atoms with E-state index in [4.69, 9.17) is 0 Å². The number of benzene rings is 1. The summed E-state index contributed by atoms with van der Waals surface area (Å²) in [5, 5.41) is 4.21. The Morgan fingerprint density at radius 3 is 2.35 bits per heavy atom. The van der Waals surface area contributed by atoms with Gasteiger partial charge < -0.3 is 0 Å². The van der Waals surface area contributed by atoms with Gasteiger partial charge in [0.25, 0.3) is 0 Å². The van der Waals surface area contributed by atoms with Crippen LogP contribution in [-0.4, -0.2) is 14.8 Å². The SMILES string of the molecule is Fc1ccc(-n2cc(C#Cc3ccncc3)cn2)cc1. The first-order valence-corrected chi connectivity index (χ1v) is 6.04. The van der Waals surface area contributed by atoms with Gasteiger partial charge in [0, 0.05) is 24.2 Å². The first-order chi connectivity index (χ1) is 9.81. The lowest BCUT2D eigenvalue weighted by Gasteiger charge is -1.99. The molecule has 0 aliphatic carbocycles. The van der Waals surface area contributed by atoms with E-state index < -0.39 is 0 Å². The lowest BCUT2D eigenvalue weighted by molar-refractivity contribution is 0.627. The Balaban J connectivity index is 1.84. The van der Waals surface area contributed by atoms with Gasteiger partial charge in [-0.15, -0.1) is 0 Å². The quantitative estimate of drug-likeness (QED) is 0.632. The van der Waals surface area contributed by atoms with Gasteiger partial charge in [0.1, 0.15) is 5.82 Å². The highest BCUT2D eigenvalue weighted by atomic mass is 19.1. The predicted octanol–water partition coefficient (Wildman–Crippen LogP) is 2.81. The molecule has 3 nitrogen and oxygen atoms in total. The maximum atomic E-state index is 12.9. The van der Waals surface area contributed by atoms with E-state index in [9.17, 15) is 4.39 Å². The second kappa shape index (κ2) is 5.37. The molecule has 4 heteroatoms. The van der Waals surface area contributed by atoms with Crippen LogP contribution < -0.4 is 0 Å². The molecule has 0 radical (unpaired) electrons. The number of hydrogen-bond donors (Lipinski definition) is 0. The summed E-state index contributed by atoms with van der Waals surface area (Å²) in [7, 11) is 0. The third-order valence-corrected chi connectivity index (χ3v) is 2.71. The zero-order chi connectivity index (χ0) is 13.8. The van der Waals surface area contributed by atoms with E-state index in [2.05, 4.69) is 21.9 Å². The minimum absolute atomic E-state index is 0.265. The molecule has 0 fully saturated rings. The first-order valence-electron chi connectivity index (χ1n) is 6.04. The van der Waals surface area contributed by atoms with Crippen LogP contribution in [0.1, 0.15) is 11.1 Å². The van der Waals surface area contributed by atoms with E-state index in [0.29, 0.717) is 0 Å². The molecule has 96 valence electrons. The van der Waals surface area contributed by atoms with Gasteiger partial charge in [-0.2, -0.15) is 5.10 Å². The van der Waals surface area contributed by atoms with Crippen LogP contribution in [0.3, 0.4) is 0 Å². The van der Waals surface area contributed by atoms with Gasteiger partial charge in [-0.3, -0.25) is 4.98 Å². The number of pyridine rings is 1. The lowest BCUT2D eigenvalue weighted by atomic mass is 10.2. The molecule has 0 aliphatic rings. The summed E-state index contributed by atoms with van der Waals surface area (Å²) in [6.45, 7) is 0. The molecule has 1 aromatic carbocycles. The molecule has 0 bridgehead atoms. The van der Waals surface area contributed by atoms with Crippen molar-refractivity contribution in [3.05, 3.63) is 78.1 Å². The second-order valence-electron chi connectivity index (χ2n) is 4.14. The van der Waals surface area contributed by atoms with Crippen molar-refractivity contribution in [1.29, 1.82) is 0 Å². The molecule has 3 rings (SSSR count). The topological polar surface area (TPSA) is 30.7 Å². The monoisotopic (exact) mass is 263 g/mol. The highest BCUT2D eigenvalue weighted by molar-refractivity contribution is 5.41. The van der Waals surface area contributed by atoms with Crippen molar-refractivity contribution in [2.24, 2.45) is 0 Å². The summed E-state index contributed by atoms with van der Waals surface area (Å²) in [6.07, 6.45) is 6.89. The fourth-order valence-electron chi connectivity index (χ4n) is 1.70. The molecule has 20 heavy (non-hydrogen) atoms. The molecule has 3 aromatic rings. The molecule has 2 heterocycles. The average molecular weight is 263 g/mol. The molecule has 0 amide bonds.